The molecule has 1 aromatic heterocycles. The van der Waals surface area contributed by atoms with E-state index in [2.05, 4.69) is 19.9 Å². The number of fused-ring (bicyclic) bond motifs is 1. The number of ketones is 1. The van der Waals surface area contributed by atoms with Crippen molar-refractivity contribution in [2.24, 2.45) is 0 Å². The number of nitrogens with zero attached hydrogens (tertiary/aromatic N) is 1. The maximum atomic E-state index is 12.4. The van der Waals surface area contributed by atoms with Gasteiger partial charge in [-0.05, 0) is 23.8 Å². The van der Waals surface area contributed by atoms with Crippen LogP contribution in [0.3, 0.4) is 0 Å². The standard InChI is InChI=1S/C17H16NOS.BrH/c1-12-13(2)20-11-18(12)10-17(19)16-8-7-14-5-3-4-6-15(14)9-16;/h3-9,11H,10H2,1-2H3;1H/q+1;/p-1. The summed E-state index contributed by atoms with van der Waals surface area (Å²) >= 11 is 1.68. The summed E-state index contributed by atoms with van der Waals surface area (Å²) in [4.78, 5) is 13.7. The molecule has 2 nitrogen and oxygen atoms in total. The lowest BCUT2D eigenvalue weighted by molar-refractivity contribution is -0.684. The lowest BCUT2D eigenvalue weighted by Crippen LogP contribution is -3.00. The molecule has 21 heavy (non-hydrogen) atoms. The van der Waals surface area contributed by atoms with Crippen LogP contribution in [0.5, 0.6) is 0 Å². The molecule has 4 heteroatoms. The highest BCUT2D eigenvalue weighted by molar-refractivity contribution is 7.09. The normalized spacial score (nSPS) is 10.4. The van der Waals surface area contributed by atoms with Crippen LogP contribution >= 0.6 is 11.3 Å². The predicted molar refractivity (Wildman–Crippen MR) is 82.3 cm³/mol. The Balaban J connectivity index is 0.00000161. The van der Waals surface area contributed by atoms with Gasteiger partial charge in [0.2, 0.25) is 17.8 Å². The smallest absolute Gasteiger partial charge is 0.227 e. The number of carbonyl (C=O) groups is 1. The van der Waals surface area contributed by atoms with E-state index < -0.39 is 0 Å². The van der Waals surface area contributed by atoms with Gasteiger partial charge in [-0.15, -0.1) is 0 Å². The Morgan fingerprint density at radius 1 is 1.10 bits per heavy atom. The number of aryl methyl sites for hydroxylation is 1. The van der Waals surface area contributed by atoms with Gasteiger partial charge in [-0.1, -0.05) is 47.7 Å². The van der Waals surface area contributed by atoms with Gasteiger partial charge < -0.3 is 17.0 Å². The molecule has 0 fully saturated rings. The third-order valence-corrected chi connectivity index (χ3v) is 4.69. The number of carbonyl (C=O) groups excluding carboxylic acids is 1. The van der Waals surface area contributed by atoms with E-state index in [4.69, 9.17) is 0 Å². The minimum Gasteiger partial charge on any atom is -1.00 e. The van der Waals surface area contributed by atoms with Crippen molar-refractivity contribution in [3.63, 3.8) is 0 Å². The summed E-state index contributed by atoms with van der Waals surface area (Å²) in [5, 5.41) is 2.28. The van der Waals surface area contributed by atoms with Crippen LogP contribution in [0, 0.1) is 13.8 Å². The van der Waals surface area contributed by atoms with Crippen molar-refractivity contribution >= 4 is 27.9 Å². The van der Waals surface area contributed by atoms with Gasteiger partial charge in [-0.2, -0.15) is 4.57 Å². The number of benzene rings is 2. The highest BCUT2D eigenvalue weighted by Gasteiger charge is 2.17. The summed E-state index contributed by atoms with van der Waals surface area (Å²) in [6, 6.07) is 14.0. The average molecular weight is 362 g/mol. The maximum absolute atomic E-state index is 12.4. The van der Waals surface area contributed by atoms with Crippen molar-refractivity contribution in [2.45, 2.75) is 20.4 Å². The van der Waals surface area contributed by atoms with E-state index in [0.717, 1.165) is 10.9 Å². The Bertz CT molecular complexity index is 794. The van der Waals surface area contributed by atoms with E-state index in [-0.39, 0.29) is 22.8 Å². The van der Waals surface area contributed by atoms with Gasteiger partial charge in [0.1, 0.15) is 0 Å². The number of hydrogen-bond acceptors (Lipinski definition) is 2. The van der Waals surface area contributed by atoms with Crippen LogP contribution in [0.15, 0.2) is 48.0 Å². The van der Waals surface area contributed by atoms with Crippen LogP contribution in [-0.2, 0) is 6.54 Å². The van der Waals surface area contributed by atoms with Crippen molar-refractivity contribution < 1.29 is 26.3 Å². The minimum absolute atomic E-state index is 0. The molecule has 3 aromatic rings. The van der Waals surface area contributed by atoms with Gasteiger partial charge in [0.05, 0.1) is 4.88 Å². The number of aromatic nitrogens is 1. The summed E-state index contributed by atoms with van der Waals surface area (Å²) in [5.74, 6) is 0.154. The fraction of sp³-hybridized carbons (Fsp3) is 0.176. The van der Waals surface area contributed by atoms with Crippen molar-refractivity contribution in [1.82, 2.24) is 0 Å². The monoisotopic (exact) mass is 361 g/mol. The van der Waals surface area contributed by atoms with Crippen molar-refractivity contribution in [2.75, 3.05) is 0 Å². The number of halogens is 1. The number of hydrogen-bond donors (Lipinski definition) is 0. The summed E-state index contributed by atoms with van der Waals surface area (Å²) in [5.41, 5.74) is 3.97. The summed E-state index contributed by atoms with van der Waals surface area (Å²) in [6.07, 6.45) is 0. The predicted octanol–water partition coefficient (Wildman–Crippen LogP) is 0.693. The third-order valence-electron chi connectivity index (χ3n) is 3.68. The molecule has 0 N–H and O–H groups in total. The Kier molecular flexibility index (Phi) is 4.91. The SMILES string of the molecule is Cc1sc[n+](CC(=O)c2ccc3ccccc3c2)c1C.[Br-]. The Morgan fingerprint density at radius 3 is 2.48 bits per heavy atom. The summed E-state index contributed by atoms with van der Waals surface area (Å²) in [6.45, 7) is 4.55. The highest BCUT2D eigenvalue weighted by atomic mass is 79.9. The second-order valence-corrected chi connectivity index (χ2v) is 6.04. The molecule has 0 saturated carbocycles. The molecule has 0 spiro atoms. The first kappa shape index (κ1) is 15.9. The van der Waals surface area contributed by atoms with Gasteiger partial charge in [0.25, 0.3) is 0 Å². The van der Waals surface area contributed by atoms with Crippen LogP contribution < -0.4 is 21.5 Å². The molecule has 0 aliphatic carbocycles. The Morgan fingerprint density at radius 2 is 1.81 bits per heavy atom. The lowest BCUT2D eigenvalue weighted by Gasteiger charge is -2.01. The summed E-state index contributed by atoms with van der Waals surface area (Å²) < 4.78 is 2.03. The first-order chi connectivity index (χ1) is 9.65. The van der Waals surface area contributed by atoms with Crippen LogP contribution in [0.25, 0.3) is 10.8 Å². The van der Waals surface area contributed by atoms with Gasteiger partial charge >= 0.3 is 0 Å². The molecular weight excluding hydrogens is 346 g/mol. The van der Waals surface area contributed by atoms with E-state index in [0.29, 0.717) is 6.54 Å². The fourth-order valence-corrected chi connectivity index (χ4v) is 3.08. The second kappa shape index (κ2) is 6.50. The molecule has 0 unspecified atom stereocenters. The number of Topliss-reactive ketones (excluding diaryl/α,β-unsaturated/α-hetero) is 1. The van der Waals surface area contributed by atoms with E-state index in [1.54, 1.807) is 11.3 Å². The van der Waals surface area contributed by atoms with E-state index >= 15 is 0 Å². The Hall–Kier alpha value is -1.52. The zero-order valence-electron chi connectivity index (χ0n) is 12.0. The fourth-order valence-electron chi connectivity index (χ4n) is 2.27. The second-order valence-electron chi connectivity index (χ2n) is 4.98. The molecule has 0 atom stereocenters. The van der Waals surface area contributed by atoms with E-state index in [9.17, 15) is 4.79 Å². The molecule has 0 aliphatic heterocycles. The van der Waals surface area contributed by atoms with E-state index in [1.165, 1.54) is 16.0 Å². The molecule has 0 radical (unpaired) electrons. The van der Waals surface area contributed by atoms with Crippen LogP contribution in [0.4, 0.5) is 0 Å². The Labute approximate surface area is 138 Å². The van der Waals surface area contributed by atoms with Gasteiger partial charge in [-0.3, -0.25) is 4.79 Å². The quantitative estimate of drug-likeness (QED) is 0.496. The molecular formula is C17H16BrNOS. The van der Waals surface area contributed by atoms with Gasteiger partial charge in [-0.25, -0.2) is 0 Å². The topological polar surface area (TPSA) is 20.9 Å². The zero-order chi connectivity index (χ0) is 14.1. The van der Waals surface area contributed by atoms with Crippen molar-refractivity contribution in [1.29, 1.82) is 0 Å². The number of thiazole rings is 1. The lowest BCUT2D eigenvalue weighted by atomic mass is 10.0. The van der Waals surface area contributed by atoms with Crippen LogP contribution in [0.2, 0.25) is 0 Å². The molecule has 1 heterocycles. The maximum Gasteiger partial charge on any atom is 0.227 e. The van der Waals surface area contributed by atoms with Crippen LogP contribution in [0.1, 0.15) is 20.9 Å². The van der Waals surface area contributed by atoms with Crippen LogP contribution in [-0.4, -0.2) is 5.78 Å². The molecule has 0 amide bonds. The molecule has 3 rings (SSSR count). The molecule has 0 saturated heterocycles. The molecule has 2 aromatic carbocycles. The summed E-state index contributed by atoms with van der Waals surface area (Å²) in [7, 11) is 0. The minimum atomic E-state index is 0. The first-order valence-electron chi connectivity index (χ1n) is 6.61. The highest BCUT2D eigenvalue weighted by Crippen LogP contribution is 2.16. The first-order valence-corrected chi connectivity index (χ1v) is 7.49. The molecule has 108 valence electrons. The molecule has 0 bridgehead atoms. The van der Waals surface area contributed by atoms with Gasteiger partial charge in [0.15, 0.2) is 5.69 Å². The van der Waals surface area contributed by atoms with Gasteiger partial charge in [0, 0.05) is 12.5 Å². The third kappa shape index (κ3) is 3.22. The zero-order valence-corrected chi connectivity index (χ0v) is 14.4. The van der Waals surface area contributed by atoms with Crippen molar-refractivity contribution in [3.8, 4) is 0 Å². The van der Waals surface area contributed by atoms with Crippen molar-refractivity contribution in [3.05, 3.63) is 64.1 Å². The van der Waals surface area contributed by atoms with E-state index in [1.807, 2.05) is 46.5 Å². The number of rotatable bonds is 3. The average Bonchev–Trinajstić information content (AvgIpc) is 2.78. The molecule has 0 aliphatic rings. The largest absolute Gasteiger partial charge is 1.00 e.